The lowest BCUT2D eigenvalue weighted by Crippen LogP contribution is -2.01. The monoisotopic (exact) mass is 274 g/mol. The lowest BCUT2D eigenvalue weighted by Gasteiger charge is -2.05. The summed E-state index contributed by atoms with van der Waals surface area (Å²) in [5.74, 6) is 0.210. The predicted molar refractivity (Wildman–Crippen MR) is 68.4 cm³/mol. The Labute approximate surface area is 115 Å². The molecule has 0 atom stereocenters. The summed E-state index contributed by atoms with van der Waals surface area (Å²) in [7, 11) is 0. The summed E-state index contributed by atoms with van der Waals surface area (Å²) >= 11 is 0. The summed E-state index contributed by atoms with van der Waals surface area (Å²) in [6.07, 6.45) is 3.16. The second-order valence-corrected chi connectivity index (χ2v) is 4.75. The highest BCUT2D eigenvalue weighted by Gasteiger charge is 2.13. The SMILES string of the molecule is O=C(O)Cc1nc(COc2ccc3c(c2)CCC3)no1. The fourth-order valence-corrected chi connectivity index (χ4v) is 2.34. The number of benzene rings is 1. The average molecular weight is 274 g/mol. The molecule has 0 amide bonds. The molecule has 1 aromatic carbocycles. The maximum absolute atomic E-state index is 10.5. The molecular weight excluding hydrogens is 260 g/mol. The third-order valence-corrected chi connectivity index (χ3v) is 3.25. The minimum Gasteiger partial charge on any atom is -0.485 e. The highest BCUT2D eigenvalue weighted by atomic mass is 16.5. The van der Waals surface area contributed by atoms with Crippen molar-refractivity contribution in [1.29, 1.82) is 0 Å². The van der Waals surface area contributed by atoms with Gasteiger partial charge in [-0.3, -0.25) is 4.79 Å². The van der Waals surface area contributed by atoms with Crippen molar-refractivity contribution < 1.29 is 19.2 Å². The van der Waals surface area contributed by atoms with Gasteiger partial charge < -0.3 is 14.4 Å². The van der Waals surface area contributed by atoms with Crippen LogP contribution in [-0.2, 0) is 30.7 Å². The Bertz CT molecular complexity index is 636. The van der Waals surface area contributed by atoms with Crippen LogP contribution in [0.1, 0.15) is 29.3 Å². The van der Waals surface area contributed by atoms with Crippen LogP contribution in [0.25, 0.3) is 0 Å². The van der Waals surface area contributed by atoms with Crippen molar-refractivity contribution in [2.75, 3.05) is 0 Å². The van der Waals surface area contributed by atoms with Crippen molar-refractivity contribution in [2.24, 2.45) is 0 Å². The minimum absolute atomic E-state index is 0.0880. The van der Waals surface area contributed by atoms with Crippen LogP contribution in [0.4, 0.5) is 0 Å². The molecule has 104 valence electrons. The Kier molecular flexibility index (Phi) is 3.37. The second kappa shape index (κ2) is 5.32. The molecule has 0 saturated carbocycles. The van der Waals surface area contributed by atoms with Crippen LogP contribution in [0.5, 0.6) is 5.75 Å². The third kappa shape index (κ3) is 2.79. The molecule has 6 heteroatoms. The molecule has 20 heavy (non-hydrogen) atoms. The molecule has 3 rings (SSSR count). The molecule has 0 unspecified atom stereocenters. The maximum atomic E-state index is 10.5. The summed E-state index contributed by atoms with van der Waals surface area (Å²) in [6.45, 7) is 0.169. The summed E-state index contributed by atoms with van der Waals surface area (Å²) in [5.41, 5.74) is 2.72. The van der Waals surface area contributed by atoms with Crippen LogP contribution in [-0.4, -0.2) is 21.2 Å². The van der Waals surface area contributed by atoms with Gasteiger partial charge in [-0.25, -0.2) is 0 Å². The zero-order valence-electron chi connectivity index (χ0n) is 10.8. The lowest BCUT2D eigenvalue weighted by molar-refractivity contribution is -0.136. The van der Waals surface area contributed by atoms with E-state index in [0.717, 1.165) is 18.6 Å². The minimum atomic E-state index is -1.00. The van der Waals surface area contributed by atoms with Gasteiger partial charge in [0.15, 0.2) is 6.61 Å². The highest BCUT2D eigenvalue weighted by Crippen LogP contribution is 2.26. The number of ether oxygens (including phenoxy) is 1. The number of hydrogen-bond acceptors (Lipinski definition) is 5. The van der Waals surface area contributed by atoms with Gasteiger partial charge in [-0.15, -0.1) is 0 Å². The number of carboxylic acid groups (broad SMARTS) is 1. The van der Waals surface area contributed by atoms with Gasteiger partial charge in [0, 0.05) is 0 Å². The van der Waals surface area contributed by atoms with E-state index in [-0.39, 0.29) is 18.9 Å². The molecule has 0 radical (unpaired) electrons. The first kappa shape index (κ1) is 12.7. The standard InChI is InChI=1S/C14H14N2O4/c17-14(18)7-13-15-12(16-20-13)8-19-11-5-4-9-2-1-3-10(9)6-11/h4-6H,1-3,7-8H2,(H,17,18). The second-order valence-electron chi connectivity index (χ2n) is 4.75. The molecule has 1 aliphatic rings. The van der Waals surface area contributed by atoms with Crippen LogP contribution >= 0.6 is 0 Å². The van der Waals surface area contributed by atoms with Crippen LogP contribution in [0.2, 0.25) is 0 Å². The van der Waals surface area contributed by atoms with Crippen molar-refractivity contribution in [3.05, 3.63) is 41.0 Å². The Morgan fingerprint density at radius 1 is 1.35 bits per heavy atom. The van der Waals surface area contributed by atoms with Gasteiger partial charge in [0.1, 0.15) is 12.2 Å². The van der Waals surface area contributed by atoms with Gasteiger partial charge in [-0.05, 0) is 42.5 Å². The average Bonchev–Trinajstić information content (AvgIpc) is 3.03. The van der Waals surface area contributed by atoms with Crippen molar-refractivity contribution in [2.45, 2.75) is 32.3 Å². The third-order valence-electron chi connectivity index (χ3n) is 3.25. The maximum Gasteiger partial charge on any atom is 0.312 e. The molecule has 1 heterocycles. The molecule has 0 aliphatic heterocycles. The van der Waals surface area contributed by atoms with E-state index in [9.17, 15) is 4.79 Å². The van der Waals surface area contributed by atoms with Gasteiger partial charge in [-0.1, -0.05) is 11.2 Å². The number of rotatable bonds is 5. The first-order valence-corrected chi connectivity index (χ1v) is 6.48. The van der Waals surface area contributed by atoms with Crippen molar-refractivity contribution >= 4 is 5.97 Å². The molecule has 2 aromatic rings. The zero-order chi connectivity index (χ0) is 13.9. The van der Waals surface area contributed by atoms with Crippen LogP contribution < -0.4 is 4.74 Å². The first-order chi connectivity index (χ1) is 9.70. The van der Waals surface area contributed by atoms with Gasteiger partial charge in [0.25, 0.3) is 0 Å². The zero-order valence-corrected chi connectivity index (χ0v) is 10.8. The molecule has 1 aliphatic carbocycles. The van der Waals surface area contributed by atoms with E-state index in [2.05, 4.69) is 16.2 Å². The molecule has 0 spiro atoms. The van der Waals surface area contributed by atoms with Gasteiger partial charge in [0.2, 0.25) is 11.7 Å². The van der Waals surface area contributed by atoms with E-state index < -0.39 is 5.97 Å². The molecule has 6 nitrogen and oxygen atoms in total. The summed E-state index contributed by atoms with van der Waals surface area (Å²) < 4.78 is 10.4. The topological polar surface area (TPSA) is 85.5 Å². The van der Waals surface area contributed by atoms with E-state index in [4.69, 9.17) is 14.4 Å². The number of aliphatic carboxylic acids is 1. The number of nitrogens with zero attached hydrogens (tertiary/aromatic N) is 2. The number of fused-ring (bicyclic) bond motifs is 1. The molecule has 0 saturated heterocycles. The van der Waals surface area contributed by atoms with Crippen LogP contribution in [0.15, 0.2) is 22.7 Å². The van der Waals surface area contributed by atoms with Crippen molar-refractivity contribution in [1.82, 2.24) is 10.1 Å². The molecule has 0 bridgehead atoms. The summed E-state index contributed by atoms with van der Waals surface area (Å²) in [4.78, 5) is 14.5. The fraction of sp³-hybridized carbons (Fsp3) is 0.357. The van der Waals surface area contributed by atoms with Gasteiger partial charge in [0.05, 0.1) is 0 Å². The van der Waals surface area contributed by atoms with E-state index in [0.29, 0.717) is 5.82 Å². The predicted octanol–water partition coefficient (Wildman–Crippen LogP) is 1.76. The smallest absolute Gasteiger partial charge is 0.312 e. The Morgan fingerprint density at radius 2 is 2.20 bits per heavy atom. The van der Waals surface area contributed by atoms with E-state index >= 15 is 0 Å². The van der Waals surface area contributed by atoms with E-state index in [1.807, 2.05) is 12.1 Å². The Morgan fingerprint density at radius 3 is 3.05 bits per heavy atom. The molecule has 1 N–H and O–H groups in total. The van der Waals surface area contributed by atoms with Crippen LogP contribution in [0.3, 0.4) is 0 Å². The fourth-order valence-electron chi connectivity index (χ4n) is 2.34. The summed E-state index contributed by atoms with van der Waals surface area (Å²) in [6, 6.07) is 6.06. The molecule has 0 fully saturated rings. The Balaban J connectivity index is 1.61. The van der Waals surface area contributed by atoms with E-state index in [1.165, 1.54) is 17.5 Å². The van der Waals surface area contributed by atoms with Gasteiger partial charge >= 0.3 is 5.97 Å². The molecular formula is C14H14N2O4. The highest BCUT2D eigenvalue weighted by molar-refractivity contribution is 5.68. The molecule has 1 aromatic heterocycles. The lowest BCUT2D eigenvalue weighted by atomic mass is 10.1. The van der Waals surface area contributed by atoms with Crippen molar-refractivity contribution in [3.63, 3.8) is 0 Å². The van der Waals surface area contributed by atoms with Crippen LogP contribution in [0, 0.1) is 0 Å². The number of aromatic nitrogens is 2. The number of carbonyl (C=O) groups is 1. The van der Waals surface area contributed by atoms with Gasteiger partial charge in [-0.2, -0.15) is 4.98 Å². The largest absolute Gasteiger partial charge is 0.485 e. The Hall–Kier alpha value is -2.37. The quantitative estimate of drug-likeness (QED) is 0.894. The van der Waals surface area contributed by atoms with E-state index in [1.54, 1.807) is 0 Å². The normalized spacial score (nSPS) is 13.2. The summed E-state index contributed by atoms with van der Waals surface area (Å²) in [5, 5.41) is 12.3. The first-order valence-electron chi connectivity index (χ1n) is 6.48. The number of hydrogen-bond donors (Lipinski definition) is 1. The number of aryl methyl sites for hydroxylation is 2. The number of carboxylic acids is 1. The van der Waals surface area contributed by atoms with Crippen molar-refractivity contribution in [3.8, 4) is 5.75 Å².